The molecule has 2 aromatic carbocycles. The highest BCUT2D eigenvalue weighted by Crippen LogP contribution is 2.11. The molecule has 0 saturated heterocycles. The first-order valence-corrected chi connectivity index (χ1v) is 6.29. The van der Waals surface area contributed by atoms with Gasteiger partial charge in [-0.25, -0.2) is 0 Å². The standard InChI is InChI=1S/C15H12ClNO3/c16-12-8-6-10(7-9-12)13(18)15(20)17-14(19)11-4-2-1-3-5-11/h1-9,15,20H,(H,17,19). The van der Waals surface area contributed by atoms with Crippen LogP contribution in [0, 0.1) is 0 Å². The summed E-state index contributed by atoms with van der Waals surface area (Å²) >= 11 is 5.72. The average Bonchev–Trinajstić information content (AvgIpc) is 2.48. The minimum atomic E-state index is -1.59. The van der Waals surface area contributed by atoms with Crippen molar-refractivity contribution in [3.8, 4) is 0 Å². The molecule has 0 aliphatic heterocycles. The minimum absolute atomic E-state index is 0.273. The van der Waals surface area contributed by atoms with Gasteiger partial charge < -0.3 is 10.4 Å². The van der Waals surface area contributed by atoms with E-state index in [4.69, 9.17) is 11.6 Å². The second-order valence-corrected chi connectivity index (χ2v) is 4.55. The third kappa shape index (κ3) is 3.44. The third-order valence-electron chi connectivity index (χ3n) is 2.68. The van der Waals surface area contributed by atoms with E-state index >= 15 is 0 Å². The highest BCUT2D eigenvalue weighted by atomic mass is 35.5. The van der Waals surface area contributed by atoms with Gasteiger partial charge in [0.25, 0.3) is 5.91 Å². The van der Waals surface area contributed by atoms with Crippen LogP contribution in [0.3, 0.4) is 0 Å². The molecule has 0 aromatic heterocycles. The number of nitrogens with one attached hydrogen (secondary N) is 1. The maximum absolute atomic E-state index is 11.9. The number of aliphatic hydroxyl groups is 1. The van der Waals surface area contributed by atoms with Crippen molar-refractivity contribution in [3.63, 3.8) is 0 Å². The van der Waals surface area contributed by atoms with E-state index in [1.165, 1.54) is 12.1 Å². The lowest BCUT2D eigenvalue weighted by atomic mass is 10.1. The number of halogens is 1. The van der Waals surface area contributed by atoms with Crippen LogP contribution >= 0.6 is 11.6 Å². The van der Waals surface area contributed by atoms with E-state index in [1.807, 2.05) is 0 Å². The highest BCUT2D eigenvalue weighted by Gasteiger charge is 2.19. The van der Waals surface area contributed by atoms with Crippen molar-refractivity contribution < 1.29 is 14.7 Å². The Balaban J connectivity index is 2.05. The molecule has 2 aromatic rings. The Labute approximate surface area is 121 Å². The smallest absolute Gasteiger partial charge is 0.253 e. The largest absolute Gasteiger partial charge is 0.367 e. The third-order valence-corrected chi connectivity index (χ3v) is 2.93. The molecule has 2 rings (SSSR count). The molecule has 0 fully saturated rings. The zero-order valence-electron chi connectivity index (χ0n) is 10.4. The van der Waals surface area contributed by atoms with E-state index in [0.29, 0.717) is 10.6 Å². The van der Waals surface area contributed by atoms with E-state index < -0.39 is 17.9 Å². The molecule has 1 unspecified atom stereocenters. The molecule has 0 aliphatic rings. The Morgan fingerprint density at radius 1 is 0.950 bits per heavy atom. The van der Waals surface area contributed by atoms with Gasteiger partial charge in [-0.1, -0.05) is 29.8 Å². The fraction of sp³-hybridized carbons (Fsp3) is 0.0667. The first-order valence-electron chi connectivity index (χ1n) is 5.91. The second-order valence-electron chi connectivity index (χ2n) is 4.11. The summed E-state index contributed by atoms with van der Waals surface area (Å²) in [5, 5.41) is 12.5. The Kier molecular flexibility index (Phi) is 4.50. The van der Waals surface area contributed by atoms with Gasteiger partial charge in [-0.15, -0.1) is 0 Å². The molecular formula is C15H12ClNO3. The quantitative estimate of drug-likeness (QED) is 0.670. The second kappa shape index (κ2) is 6.32. The van der Waals surface area contributed by atoms with Crippen LogP contribution in [-0.4, -0.2) is 23.0 Å². The maximum atomic E-state index is 11.9. The molecule has 1 amide bonds. The molecule has 0 spiro atoms. The molecule has 5 heteroatoms. The van der Waals surface area contributed by atoms with Crippen molar-refractivity contribution in [3.05, 3.63) is 70.7 Å². The van der Waals surface area contributed by atoms with Crippen LogP contribution in [0.4, 0.5) is 0 Å². The van der Waals surface area contributed by atoms with Gasteiger partial charge in [-0.3, -0.25) is 9.59 Å². The van der Waals surface area contributed by atoms with Crippen LogP contribution in [-0.2, 0) is 0 Å². The summed E-state index contributed by atoms with van der Waals surface area (Å²) in [6.45, 7) is 0. The zero-order valence-corrected chi connectivity index (χ0v) is 11.2. The van der Waals surface area contributed by atoms with Crippen LogP contribution in [0.25, 0.3) is 0 Å². The van der Waals surface area contributed by atoms with Gasteiger partial charge in [0.15, 0.2) is 6.23 Å². The van der Waals surface area contributed by atoms with Crippen LogP contribution in [0.15, 0.2) is 54.6 Å². The summed E-state index contributed by atoms with van der Waals surface area (Å²) in [5.41, 5.74) is 0.644. The van der Waals surface area contributed by atoms with Crippen molar-refractivity contribution in [2.45, 2.75) is 6.23 Å². The molecule has 0 radical (unpaired) electrons. The van der Waals surface area contributed by atoms with Crippen LogP contribution in [0.5, 0.6) is 0 Å². The van der Waals surface area contributed by atoms with Crippen LogP contribution in [0.1, 0.15) is 20.7 Å². The maximum Gasteiger partial charge on any atom is 0.253 e. The monoisotopic (exact) mass is 289 g/mol. The number of benzene rings is 2. The van der Waals surface area contributed by atoms with Crippen molar-refractivity contribution in [1.29, 1.82) is 0 Å². The van der Waals surface area contributed by atoms with Crippen molar-refractivity contribution >= 4 is 23.3 Å². The number of hydrogen-bond donors (Lipinski definition) is 2. The van der Waals surface area contributed by atoms with E-state index in [2.05, 4.69) is 5.32 Å². The number of hydrogen-bond acceptors (Lipinski definition) is 3. The molecule has 1 atom stereocenters. The fourth-order valence-electron chi connectivity index (χ4n) is 1.63. The van der Waals surface area contributed by atoms with Gasteiger partial charge in [0.05, 0.1) is 0 Å². The number of ketones is 1. The first kappa shape index (κ1) is 14.2. The molecule has 20 heavy (non-hydrogen) atoms. The minimum Gasteiger partial charge on any atom is -0.367 e. The molecule has 0 bridgehead atoms. The van der Waals surface area contributed by atoms with Crippen molar-refractivity contribution in [2.75, 3.05) is 0 Å². The lowest BCUT2D eigenvalue weighted by Crippen LogP contribution is -2.40. The number of amides is 1. The van der Waals surface area contributed by atoms with Crippen molar-refractivity contribution in [2.24, 2.45) is 0 Å². The molecule has 102 valence electrons. The number of rotatable bonds is 4. The van der Waals surface area contributed by atoms with Crippen LogP contribution in [0.2, 0.25) is 5.02 Å². The summed E-state index contributed by atoms with van der Waals surface area (Å²) in [7, 11) is 0. The molecule has 0 saturated carbocycles. The van der Waals surface area contributed by atoms with Gasteiger partial charge in [0.2, 0.25) is 5.78 Å². The Bertz CT molecular complexity index is 611. The summed E-state index contributed by atoms with van der Waals surface area (Å²) in [4.78, 5) is 23.7. The summed E-state index contributed by atoms with van der Waals surface area (Å²) < 4.78 is 0. The van der Waals surface area contributed by atoms with Gasteiger partial charge in [0.1, 0.15) is 0 Å². The SMILES string of the molecule is O=C(NC(O)C(=O)c1ccc(Cl)cc1)c1ccccc1. The van der Waals surface area contributed by atoms with E-state index in [1.54, 1.807) is 42.5 Å². The summed E-state index contributed by atoms with van der Waals surface area (Å²) in [5.74, 6) is -1.11. The predicted octanol–water partition coefficient (Wildman–Crippen LogP) is 2.27. The number of aliphatic hydroxyl groups excluding tert-OH is 1. The van der Waals surface area contributed by atoms with Crippen LogP contribution < -0.4 is 5.32 Å². The average molecular weight is 290 g/mol. The van der Waals surface area contributed by atoms with Gasteiger partial charge in [0, 0.05) is 16.1 Å². The zero-order chi connectivity index (χ0) is 14.5. The molecule has 0 heterocycles. The van der Waals surface area contributed by atoms with E-state index in [9.17, 15) is 14.7 Å². The molecule has 4 nitrogen and oxygen atoms in total. The summed E-state index contributed by atoms with van der Waals surface area (Å²) in [6.07, 6.45) is -1.59. The molecule has 2 N–H and O–H groups in total. The molecular weight excluding hydrogens is 278 g/mol. The van der Waals surface area contributed by atoms with Gasteiger partial charge >= 0.3 is 0 Å². The lowest BCUT2D eigenvalue weighted by molar-refractivity contribution is 0.0607. The number of carbonyl (C=O) groups excluding carboxylic acids is 2. The number of carbonyl (C=O) groups is 2. The lowest BCUT2D eigenvalue weighted by Gasteiger charge is -2.12. The first-order chi connectivity index (χ1) is 9.58. The molecule has 0 aliphatic carbocycles. The number of Topliss-reactive ketones (excluding diaryl/α,β-unsaturated/α-hetero) is 1. The van der Waals surface area contributed by atoms with Crippen molar-refractivity contribution in [1.82, 2.24) is 5.32 Å². The normalized spacial score (nSPS) is 11.7. The Morgan fingerprint density at radius 3 is 2.15 bits per heavy atom. The topological polar surface area (TPSA) is 66.4 Å². The summed E-state index contributed by atoms with van der Waals surface area (Å²) in [6, 6.07) is 14.4. The Hall–Kier alpha value is -2.17. The van der Waals surface area contributed by atoms with Gasteiger partial charge in [-0.05, 0) is 36.4 Å². The Morgan fingerprint density at radius 2 is 1.55 bits per heavy atom. The van der Waals surface area contributed by atoms with E-state index in [-0.39, 0.29) is 5.56 Å². The van der Waals surface area contributed by atoms with Gasteiger partial charge in [-0.2, -0.15) is 0 Å². The van der Waals surface area contributed by atoms with E-state index in [0.717, 1.165) is 0 Å². The predicted molar refractivity (Wildman–Crippen MR) is 75.7 cm³/mol. The fourth-order valence-corrected chi connectivity index (χ4v) is 1.76. The highest BCUT2D eigenvalue weighted by molar-refractivity contribution is 6.30.